The van der Waals surface area contributed by atoms with Crippen LogP contribution in [0.5, 0.6) is 0 Å². The van der Waals surface area contributed by atoms with Crippen molar-refractivity contribution < 1.29 is 17.6 Å². The lowest BCUT2D eigenvalue weighted by molar-refractivity contribution is -0.125. The maximum Gasteiger partial charge on any atom is 0.240 e. The molecule has 1 rings (SSSR count). The molecular formula is C11H15FN2O3S. The van der Waals surface area contributed by atoms with E-state index in [0.29, 0.717) is 0 Å². The Bertz CT molecular complexity index is 538. The van der Waals surface area contributed by atoms with Crippen LogP contribution in [-0.4, -0.2) is 20.9 Å². The number of amides is 1. The molecule has 0 heterocycles. The van der Waals surface area contributed by atoms with Crippen LogP contribution < -0.4 is 10.5 Å². The number of nitrogens with one attached hydrogen (secondary N) is 1. The van der Waals surface area contributed by atoms with Crippen molar-refractivity contribution in [2.75, 3.05) is 6.54 Å². The molecule has 7 heteroatoms. The van der Waals surface area contributed by atoms with E-state index in [-0.39, 0.29) is 11.4 Å². The van der Waals surface area contributed by atoms with Gasteiger partial charge in [0.05, 0.1) is 10.3 Å². The molecular weight excluding hydrogens is 259 g/mol. The van der Waals surface area contributed by atoms with Crippen LogP contribution in [0, 0.1) is 11.2 Å². The van der Waals surface area contributed by atoms with Crippen LogP contribution in [0.15, 0.2) is 29.2 Å². The molecule has 1 aromatic rings. The maximum absolute atomic E-state index is 12.7. The van der Waals surface area contributed by atoms with E-state index in [0.717, 1.165) is 24.3 Å². The van der Waals surface area contributed by atoms with E-state index in [1.807, 2.05) is 0 Å². The summed E-state index contributed by atoms with van der Waals surface area (Å²) in [6, 6.07) is 4.39. The van der Waals surface area contributed by atoms with Gasteiger partial charge in [-0.25, -0.2) is 17.5 Å². The normalized spacial score (nSPS) is 12.4. The van der Waals surface area contributed by atoms with Crippen molar-refractivity contribution in [2.45, 2.75) is 18.7 Å². The number of primary amides is 1. The Balaban J connectivity index is 2.84. The molecule has 0 saturated heterocycles. The lowest BCUT2D eigenvalue weighted by Gasteiger charge is -2.20. The summed E-state index contributed by atoms with van der Waals surface area (Å²) in [7, 11) is -3.77. The molecule has 1 amide bonds. The number of nitrogens with two attached hydrogens (primary N) is 1. The van der Waals surface area contributed by atoms with E-state index in [9.17, 15) is 17.6 Å². The van der Waals surface area contributed by atoms with Gasteiger partial charge in [0.1, 0.15) is 5.82 Å². The van der Waals surface area contributed by atoms with Crippen LogP contribution in [0.4, 0.5) is 4.39 Å². The van der Waals surface area contributed by atoms with Crippen LogP contribution in [0.3, 0.4) is 0 Å². The standard InChI is InChI=1S/C11H15FN2O3S/c1-11(2,10(13)15)7-14-18(16,17)9-5-3-8(12)4-6-9/h3-6,14H,7H2,1-2H3,(H2,13,15). The summed E-state index contributed by atoms with van der Waals surface area (Å²) in [5.74, 6) is -1.13. The quantitative estimate of drug-likeness (QED) is 0.824. The first-order chi connectivity index (χ1) is 8.15. The van der Waals surface area contributed by atoms with Gasteiger partial charge in [0.2, 0.25) is 15.9 Å². The van der Waals surface area contributed by atoms with Gasteiger partial charge in [-0.05, 0) is 38.1 Å². The minimum absolute atomic E-state index is 0.0656. The fourth-order valence-corrected chi connectivity index (χ4v) is 2.27. The number of halogens is 1. The number of rotatable bonds is 5. The molecule has 0 radical (unpaired) electrons. The zero-order valence-electron chi connectivity index (χ0n) is 10.1. The molecule has 0 aliphatic rings. The molecule has 100 valence electrons. The molecule has 0 fully saturated rings. The van der Waals surface area contributed by atoms with Crippen LogP contribution in [0.1, 0.15) is 13.8 Å². The van der Waals surface area contributed by atoms with Crippen molar-refractivity contribution in [2.24, 2.45) is 11.1 Å². The predicted molar refractivity (Wildman–Crippen MR) is 64.6 cm³/mol. The highest BCUT2D eigenvalue weighted by molar-refractivity contribution is 7.89. The summed E-state index contributed by atoms with van der Waals surface area (Å²) in [6.07, 6.45) is 0. The van der Waals surface area contributed by atoms with Crippen molar-refractivity contribution in [1.29, 1.82) is 0 Å². The van der Waals surface area contributed by atoms with E-state index < -0.39 is 27.2 Å². The number of carbonyl (C=O) groups excluding carboxylic acids is 1. The SMILES string of the molecule is CC(C)(CNS(=O)(=O)c1ccc(F)cc1)C(N)=O. The summed E-state index contributed by atoms with van der Waals surface area (Å²) >= 11 is 0. The minimum atomic E-state index is -3.77. The monoisotopic (exact) mass is 274 g/mol. The van der Waals surface area contributed by atoms with Gasteiger partial charge < -0.3 is 5.73 Å². The van der Waals surface area contributed by atoms with Crippen molar-refractivity contribution in [3.8, 4) is 0 Å². The number of carbonyl (C=O) groups is 1. The van der Waals surface area contributed by atoms with Crippen LogP contribution in [-0.2, 0) is 14.8 Å². The summed E-state index contributed by atoms with van der Waals surface area (Å²) in [5, 5.41) is 0. The van der Waals surface area contributed by atoms with Gasteiger partial charge in [-0.3, -0.25) is 4.79 Å². The Hall–Kier alpha value is -1.47. The van der Waals surface area contributed by atoms with Crippen molar-refractivity contribution in [1.82, 2.24) is 4.72 Å². The smallest absolute Gasteiger partial charge is 0.240 e. The molecule has 0 spiro atoms. The highest BCUT2D eigenvalue weighted by Crippen LogP contribution is 2.15. The molecule has 5 nitrogen and oxygen atoms in total. The molecule has 3 N–H and O–H groups in total. The average Bonchev–Trinajstić information content (AvgIpc) is 2.27. The third-order valence-electron chi connectivity index (χ3n) is 2.50. The van der Waals surface area contributed by atoms with E-state index in [1.165, 1.54) is 13.8 Å². The summed E-state index contributed by atoms with van der Waals surface area (Å²) < 4.78 is 38.6. The average molecular weight is 274 g/mol. The van der Waals surface area contributed by atoms with Crippen LogP contribution in [0.2, 0.25) is 0 Å². The number of hydrogen-bond acceptors (Lipinski definition) is 3. The third kappa shape index (κ3) is 3.51. The highest BCUT2D eigenvalue weighted by Gasteiger charge is 2.27. The fraction of sp³-hybridized carbons (Fsp3) is 0.364. The first-order valence-corrected chi connectivity index (χ1v) is 6.69. The molecule has 0 bridgehead atoms. The first-order valence-electron chi connectivity index (χ1n) is 5.20. The van der Waals surface area contributed by atoms with Gasteiger partial charge in [-0.15, -0.1) is 0 Å². The summed E-state index contributed by atoms with van der Waals surface area (Å²) in [4.78, 5) is 11.0. The van der Waals surface area contributed by atoms with Gasteiger partial charge in [0.15, 0.2) is 0 Å². The Morgan fingerprint density at radius 1 is 1.33 bits per heavy atom. The van der Waals surface area contributed by atoms with E-state index in [1.54, 1.807) is 0 Å². The first kappa shape index (κ1) is 14.6. The fourth-order valence-electron chi connectivity index (χ4n) is 1.06. The Labute approximate surface area is 105 Å². The summed E-state index contributed by atoms with van der Waals surface area (Å²) in [5.41, 5.74) is 4.14. The molecule has 0 saturated carbocycles. The van der Waals surface area contributed by atoms with Crippen LogP contribution >= 0.6 is 0 Å². The lowest BCUT2D eigenvalue weighted by Crippen LogP contribution is -2.42. The van der Waals surface area contributed by atoms with Crippen LogP contribution in [0.25, 0.3) is 0 Å². The van der Waals surface area contributed by atoms with Gasteiger partial charge in [-0.2, -0.15) is 0 Å². The second kappa shape index (κ2) is 5.03. The van der Waals surface area contributed by atoms with Gasteiger partial charge >= 0.3 is 0 Å². The molecule has 18 heavy (non-hydrogen) atoms. The zero-order valence-corrected chi connectivity index (χ0v) is 10.9. The molecule has 0 aliphatic heterocycles. The van der Waals surface area contributed by atoms with Gasteiger partial charge in [-0.1, -0.05) is 0 Å². The minimum Gasteiger partial charge on any atom is -0.369 e. The lowest BCUT2D eigenvalue weighted by atomic mass is 9.93. The number of sulfonamides is 1. The third-order valence-corrected chi connectivity index (χ3v) is 3.91. The molecule has 0 aliphatic carbocycles. The zero-order chi connectivity index (χ0) is 14.0. The summed E-state index contributed by atoms with van der Waals surface area (Å²) in [6.45, 7) is 2.94. The van der Waals surface area contributed by atoms with Gasteiger partial charge in [0.25, 0.3) is 0 Å². The molecule has 0 atom stereocenters. The molecule has 0 unspecified atom stereocenters. The second-order valence-corrected chi connectivity index (χ2v) is 6.29. The highest BCUT2D eigenvalue weighted by atomic mass is 32.2. The number of benzene rings is 1. The molecule has 0 aromatic heterocycles. The molecule has 1 aromatic carbocycles. The number of hydrogen-bond donors (Lipinski definition) is 2. The van der Waals surface area contributed by atoms with Crippen molar-refractivity contribution in [3.63, 3.8) is 0 Å². The maximum atomic E-state index is 12.7. The predicted octanol–water partition coefficient (Wildman–Crippen LogP) is 0.616. The second-order valence-electron chi connectivity index (χ2n) is 4.53. The Morgan fingerprint density at radius 3 is 2.28 bits per heavy atom. The largest absolute Gasteiger partial charge is 0.369 e. The van der Waals surface area contributed by atoms with Crippen molar-refractivity contribution >= 4 is 15.9 Å². The van der Waals surface area contributed by atoms with E-state index in [2.05, 4.69) is 4.72 Å². The van der Waals surface area contributed by atoms with Gasteiger partial charge in [0, 0.05) is 6.54 Å². The van der Waals surface area contributed by atoms with E-state index >= 15 is 0 Å². The van der Waals surface area contributed by atoms with Crippen molar-refractivity contribution in [3.05, 3.63) is 30.1 Å². The Kier molecular flexibility index (Phi) is 4.08. The van der Waals surface area contributed by atoms with E-state index in [4.69, 9.17) is 5.73 Å². The Morgan fingerprint density at radius 2 is 1.83 bits per heavy atom. The topological polar surface area (TPSA) is 89.3 Å².